The Balaban J connectivity index is 2.42. The zero-order valence-corrected chi connectivity index (χ0v) is 9.66. The van der Waals surface area contributed by atoms with E-state index in [1.807, 2.05) is 0 Å². The van der Waals surface area contributed by atoms with Gasteiger partial charge in [0.1, 0.15) is 11.6 Å². The highest BCUT2D eigenvalue weighted by molar-refractivity contribution is 5.32. The summed E-state index contributed by atoms with van der Waals surface area (Å²) >= 11 is 0. The minimum atomic E-state index is -0.256. The van der Waals surface area contributed by atoms with Gasteiger partial charge in [0.15, 0.2) is 0 Å². The number of aryl methyl sites for hydroxylation is 1. The fourth-order valence-electron chi connectivity index (χ4n) is 1.41. The lowest BCUT2D eigenvalue weighted by Gasteiger charge is -2.14. The van der Waals surface area contributed by atoms with Crippen LogP contribution in [0.3, 0.4) is 0 Å². The number of nitrogens with one attached hydrogen (secondary N) is 1. The Morgan fingerprint density at radius 1 is 1.50 bits per heavy atom. The van der Waals surface area contributed by atoms with Crippen molar-refractivity contribution in [3.8, 4) is 5.75 Å². The molecule has 1 unspecified atom stereocenters. The van der Waals surface area contributed by atoms with E-state index in [1.54, 1.807) is 20.0 Å². The van der Waals surface area contributed by atoms with Crippen molar-refractivity contribution < 1.29 is 14.2 Å². The molecule has 0 fully saturated rings. The van der Waals surface area contributed by atoms with Crippen LogP contribution in [0.15, 0.2) is 18.2 Å². The van der Waals surface area contributed by atoms with Crippen molar-refractivity contribution in [2.24, 2.45) is 0 Å². The van der Waals surface area contributed by atoms with Gasteiger partial charge in [0.05, 0.1) is 13.2 Å². The molecule has 0 bridgehead atoms. The third-order valence-electron chi connectivity index (χ3n) is 2.49. The maximum atomic E-state index is 12.8. The summed E-state index contributed by atoms with van der Waals surface area (Å²) in [5.41, 5.74) is 0.782. The first-order chi connectivity index (χ1) is 7.67. The van der Waals surface area contributed by atoms with Gasteiger partial charge < -0.3 is 15.2 Å². The van der Waals surface area contributed by atoms with E-state index in [0.29, 0.717) is 18.8 Å². The molecule has 0 amide bonds. The van der Waals surface area contributed by atoms with Crippen LogP contribution in [-0.2, 0) is 0 Å². The largest absolute Gasteiger partial charge is 0.493 e. The average molecular weight is 227 g/mol. The molecule has 0 aliphatic carbocycles. The predicted molar refractivity (Wildman–Crippen MR) is 61.2 cm³/mol. The number of aliphatic hydroxyl groups excluding tert-OH is 1. The topological polar surface area (TPSA) is 41.5 Å². The number of aliphatic hydroxyl groups is 1. The fourth-order valence-corrected chi connectivity index (χ4v) is 1.41. The molecule has 1 aromatic carbocycles. The van der Waals surface area contributed by atoms with E-state index in [1.165, 1.54) is 12.1 Å². The minimum Gasteiger partial charge on any atom is -0.493 e. The minimum absolute atomic E-state index is 0.0424. The molecule has 1 aromatic rings. The van der Waals surface area contributed by atoms with E-state index in [-0.39, 0.29) is 18.5 Å². The molecule has 0 spiro atoms. The van der Waals surface area contributed by atoms with Gasteiger partial charge >= 0.3 is 0 Å². The summed E-state index contributed by atoms with van der Waals surface area (Å²) in [5, 5.41) is 11.9. The van der Waals surface area contributed by atoms with Crippen LogP contribution in [0.5, 0.6) is 5.75 Å². The fraction of sp³-hybridized carbons (Fsp3) is 0.500. The molecule has 0 radical (unpaired) electrons. The van der Waals surface area contributed by atoms with E-state index < -0.39 is 0 Å². The summed E-state index contributed by atoms with van der Waals surface area (Å²) in [5.74, 6) is 0.433. The van der Waals surface area contributed by atoms with Gasteiger partial charge in [0.25, 0.3) is 0 Å². The lowest BCUT2D eigenvalue weighted by Crippen LogP contribution is -2.30. The first kappa shape index (κ1) is 12.9. The second kappa shape index (κ2) is 6.45. The Labute approximate surface area is 95.2 Å². The number of hydrogen-bond donors (Lipinski definition) is 2. The number of halogens is 1. The summed E-state index contributed by atoms with van der Waals surface area (Å²) in [6, 6.07) is 4.49. The van der Waals surface area contributed by atoms with Crippen molar-refractivity contribution in [1.82, 2.24) is 5.32 Å². The molecule has 0 heterocycles. The lowest BCUT2D eigenvalue weighted by molar-refractivity contribution is 0.214. The standard InChI is InChI=1S/C12H18FNO2/c1-9-7-10(13)3-4-12(9)16-6-5-11(8-15)14-2/h3-4,7,11,14-15H,5-6,8H2,1-2H3. The van der Waals surface area contributed by atoms with Crippen molar-refractivity contribution in [2.75, 3.05) is 20.3 Å². The molecule has 0 aliphatic rings. The molecular weight excluding hydrogens is 209 g/mol. The van der Waals surface area contributed by atoms with Crippen molar-refractivity contribution in [1.29, 1.82) is 0 Å². The van der Waals surface area contributed by atoms with Gasteiger partial charge in [0.2, 0.25) is 0 Å². The summed E-state index contributed by atoms with van der Waals surface area (Å²) in [4.78, 5) is 0. The Bertz CT molecular complexity index is 327. The summed E-state index contributed by atoms with van der Waals surface area (Å²) < 4.78 is 18.3. The van der Waals surface area contributed by atoms with Crippen molar-refractivity contribution >= 4 is 0 Å². The average Bonchev–Trinajstić information content (AvgIpc) is 2.27. The predicted octanol–water partition coefficient (Wildman–Crippen LogP) is 1.48. The Kier molecular flexibility index (Phi) is 5.22. The van der Waals surface area contributed by atoms with Crippen LogP contribution in [-0.4, -0.2) is 31.4 Å². The van der Waals surface area contributed by atoms with Gasteiger partial charge in [-0.05, 0) is 44.2 Å². The van der Waals surface area contributed by atoms with Crippen LogP contribution >= 0.6 is 0 Å². The van der Waals surface area contributed by atoms with Gasteiger partial charge in [-0.1, -0.05) is 0 Å². The van der Waals surface area contributed by atoms with E-state index in [0.717, 1.165) is 5.56 Å². The maximum Gasteiger partial charge on any atom is 0.123 e. The van der Waals surface area contributed by atoms with Crippen molar-refractivity contribution in [3.05, 3.63) is 29.6 Å². The van der Waals surface area contributed by atoms with Crippen molar-refractivity contribution in [3.63, 3.8) is 0 Å². The van der Waals surface area contributed by atoms with Gasteiger partial charge in [-0.2, -0.15) is 0 Å². The first-order valence-corrected chi connectivity index (χ1v) is 5.34. The monoisotopic (exact) mass is 227 g/mol. The van der Waals surface area contributed by atoms with Crippen molar-refractivity contribution in [2.45, 2.75) is 19.4 Å². The third-order valence-corrected chi connectivity index (χ3v) is 2.49. The molecular formula is C12H18FNO2. The molecule has 90 valence electrons. The van der Waals surface area contributed by atoms with E-state index in [2.05, 4.69) is 5.32 Å². The zero-order chi connectivity index (χ0) is 12.0. The highest BCUT2D eigenvalue weighted by Gasteiger charge is 2.05. The van der Waals surface area contributed by atoms with Crippen LogP contribution in [0.25, 0.3) is 0 Å². The Hall–Kier alpha value is -1.13. The molecule has 1 rings (SSSR count). The second-order valence-corrected chi connectivity index (χ2v) is 3.72. The van der Waals surface area contributed by atoms with Gasteiger partial charge in [-0.25, -0.2) is 4.39 Å². The molecule has 0 aliphatic heterocycles. The van der Waals surface area contributed by atoms with E-state index >= 15 is 0 Å². The summed E-state index contributed by atoms with van der Waals surface area (Å²) in [7, 11) is 1.80. The van der Waals surface area contributed by atoms with Crippen LogP contribution in [0.1, 0.15) is 12.0 Å². The first-order valence-electron chi connectivity index (χ1n) is 5.34. The number of rotatable bonds is 6. The summed E-state index contributed by atoms with van der Waals surface area (Å²) in [6.45, 7) is 2.39. The van der Waals surface area contributed by atoms with Gasteiger partial charge in [0, 0.05) is 6.04 Å². The van der Waals surface area contributed by atoms with Crippen LogP contribution < -0.4 is 10.1 Å². The van der Waals surface area contributed by atoms with Gasteiger partial charge in [-0.3, -0.25) is 0 Å². The Morgan fingerprint density at radius 3 is 2.81 bits per heavy atom. The number of ether oxygens (including phenoxy) is 1. The molecule has 0 saturated heterocycles. The second-order valence-electron chi connectivity index (χ2n) is 3.72. The quantitative estimate of drug-likeness (QED) is 0.773. The normalized spacial score (nSPS) is 12.5. The molecule has 16 heavy (non-hydrogen) atoms. The van der Waals surface area contributed by atoms with Crippen LogP contribution in [0.4, 0.5) is 4.39 Å². The maximum absolute atomic E-state index is 12.8. The smallest absolute Gasteiger partial charge is 0.123 e. The number of likely N-dealkylation sites (N-methyl/N-ethyl adjacent to an activating group) is 1. The van der Waals surface area contributed by atoms with E-state index in [9.17, 15) is 4.39 Å². The SMILES string of the molecule is CNC(CO)CCOc1ccc(F)cc1C. The number of benzene rings is 1. The lowest BCUT2D eigenvalue weighted by atomic mass is 10.2. The van der Waals surface area contributed by atoms with Gasteiger partial charge in [-0.15, -0.1) is 0 Å². The Morgan fingerprint density at radius 2 is 2.25 bits per heavy atom. The molecule has 0 saturated carbocycles. The molecule has 3 nitrogen and oxygen atoms in total. The highest BCUT2D eigenvalue weighted by atomic mass is 19.1. The van der Waals surface area contributed by atoms with Crippen LogP contribution in [0.2, 0.25) is 0 Å². The molecule has 4 heteroatoms. The highest BCUT2D eigenvalue weighted by Crippen LogP contribution is 2.18. The molecule has 1 atom stereocenters. The zero-order valence-electron chi connectivity index (χ0n) is 9.66. The molecule has 0 aromatic heterocycles. The molecule has 2 N–H and O–H groups in total. The summed E-state index contributed by atoms with van der Waals surface area (Å²) in [6.07, 6.45) is 0.712. The number of hydrogen-bond acceptors (Lipinski definition) is 3. The van der Waals surface area contributed by atoms with E-state index in [4.69, 9.17) is 9.84 Å². The van der Waals surface area contributed by atoms with Crippen LogP contribution in [0, 0.1) is 12.7 Å². The third kappa shape index (κ3) is 3.79.